The highest BCUT2D eigenvalue weighted by Crippen LogP contribution is 2.45. The van der Waals surface area contributed by atoms with Crippen LogP contribution in [-0.4, -0.2) is 36.0 Å². The summed E-state index contributed by atoms with van der Waals surface area (Å²) in [6, 6.07) is 22.3. The van der Waals surface area contributed by atoms with Gasteiger partial charge in [-0.05, 0) is 30.5 Å². The summed E-state index contributed by atoms with van der Waals surface area (Å²) in [7, 11) is 0. The highest BCUT2D eigenvalue weighted by atomic mass is 32.2. The van der Waals surface area contributed by atoms with Crippen LogP contribution in [0.25, 0.3) is 0 Å². The molecule has 2 saturated heterocycles. The average molecular weight is 339 g/mol. The average Bonchev–Trinajstić information content (AvgIpc) is 2.70. The zero-order valence-electron chi connectivity index (χ0n) is 14.2. The van der Waals surface area contributed by atoms with E-state index in [0.29, 0.717) is 5.92 Å². The number of nitrogens with one attached hydrogen (secondary N) is 1. The number of piperidine rings is 1. The van der Waals surface area contributed by atoms with E-state index < -0.39 is 0 Å². The Morgan fingerprint density at radius 1 is 0.917 bits per heavy atom. The molecule has 0 spiro atoms. The summed E-state index contributed by atoms with van der Waals surface area (Å²) in [5, 5.41) is 3.98. The van der Waals surface area contributed by atoms with Crippen LogP contribution in [0.1, 0.15) is 29.9 Å². The van der Waals surface area contributed by atoms with E-state index in [1.54, 1.807) is 0 Å². The fourth-order valence-electron chi connectivity index (χ4n) is 4.44. The maximum Gasteiger partial charge on any atom is 0.105 e. The summed E-state index contributed by atoms with van der Waals surface area (Å²) < 4.78 is 0. The van der Waals surface area contributed by atoms with Crippen LogP contribution in [-0.2, 0) is 5.66 Å². The highest BCUT2D eigenvalue weighted by Gasteiger charge is 2.47. The van der Waals surface area contributed by atoms with Crippen molar-refractivity contribution < 1.29 is 0 Å². The molecule has 2 unspecified atom stereocenters. The minimum atomic E-state index is -0.0676. The lowest BCUT2D eigenvalue weighted by Crippen LogP contribution is -2.63. The van der Waals surface area contributed by atoms with E-state index in [-0.39, 0.29) is 5.66 Å². The van der Waals surface area contributed by atoms with Gasteiger partial charge in [-0.1, -0.05) is 60.7 Å². The third-order valence-electron chi connectivity index (χ3n) is 5.49. The number of hydrogen-bond acceptors (Lipinski definition) is 3. The molecular weight excluding hydrogens is 312 g/mol. The van der Waals surface area contributed by atoms with Crippen molar-refractivity contribution >= 4 is 11.8 Å². The van der Waals surface area contributed by atoms with Crippen LogP contribution in [0.15, 0.2) is 60.7 Å². The third-order valence-corrected chi connectivity index (χ3v) is 6.44. The van der Waals surface area contributed by atoms with Gasteiger partial charge in [0.2, 0.25) is 0 Å². The van der Waals surface area contributed by atoms with E-state index in [4.69, 9.17) is 0 Å². The number of nitrogens with zero attached hydrogens (tertiary/aromatic N) is 1. The molecule has 0 amide bonds. The molecule has 0 radical (unpaired) electrons. The largest absolute Gasteiger partial charge is 0.295 e. The monoisotopic (exact) mass is 338 g/mol. The van der Waals surface area contributed by atoms with Crippen LogP contribution in [0, 0.1) is 0 Å². The second kappa shape index (κ2) is 7.30. The Hall–Kier alpha value is -1.29. The van der Waals surface area contributed by atoms with Gasteiger partial charge in [0.05, 0.1) is 0 Å². The number of benzene rings is 2. The molecular formula is C21H26N2S. The molecule has 0 bridgehead atoms. The van der Waals surface area contributed by atoms with Crippen molar-refractivity contribution in [1.82, 2.24) is 10.2 Å². The van der Waals surface area contributed by atoms with Crippen molar-refractivity contribution in [1.29, 1.82) is 0 Å². The smallest absolute Gasteiger partial charge is 0.105 e. The van der Waals surface area contributed by atoms with E-state index in [1.165, 1.54) is 35.5 Å². The molecule has 3 heteroatoms. The van der Waals surface area contributed by atoms with Gasteiger partial charge in [0.25, 0.3) is 0 Å². The number of rotatable bonds is 3. The van der Waals surface area contributed by atoms with Gasteiger partial charge in [-0.2, -0.15) is 11.8 Å². The first-order chi connectivity index (χ1) is 11.9. The molecule has 126 valence electrons. The SMILES string of the molecule is c1ccc(C2CCCNC2(c2ccccc2)N2CCSCC2)cc1. The van der Waals surface area contributed by atoms with E-state index >= 15 is 0 Å². The Labute approximate surface area is 149 Å². The second-order valence-corrected chi connectivity index (χ2v) is 7.99. The molecule has 1 N–H and O–H groups in total. The van der Waals surface area contributed by atoms with Gasteiger partial charge < -0.3 is 0 Å². The van der Waals surface area contributed by atoms with E-state index in [1.807, 2.05) is 0 Å². The molecule has 2 heterocycles. The maximum atomic E-state index is 3.98. The summed E-state index contributed by atoms with van der Waals surface area (Å²) in [6.07, 6.45) is 2.49. The van der Waals surface area contributed by atoms with Crippen LogP contribution in [0.3, 0.4) is 0 Å². The zero-order chi connectivity index (χ0) is 16.2. The Balaban J connectivity index is 1.83. The molecule has 2 aliphatic rings. The standard InChI is InChI=1S/C21H26N2S/c1-3-8-18(9-4-1)20-12-7-13-22-21(20,19-10-5-2-6-11-19)23-14-16-24-17-15-23/h1-6,8-11,20,22H,7,12-17H2. The molecule has 0 saturated carbocycles. The van der Waals surface area contributed by atoms with Crippen molar-refractivity contribution in [2.45, 2.75) is 24.4 Å². The van der Waals surface area contributed by atoms with Gasteiger partial charge in [-0.15, -0.1) is 0 Å². The minimum absolute atomic E-state index is 0.0676. The van der Waals surface area contributed by atoms with Crippen LogP contribution >= 0.6 is 11.8 Å². The highest BCUT2D eigenvalue weighted by molar-refractivity contribution is 7.99. The predicted molar refractivity (Wildman–Crippen MR) is 103 cm³/mol. The Kier molecular flexibility index (Phi) is 4.93. The third kappa shape index (κ3) is 2.90. The van der Waals surface area contributed by atoms with Crippen LogP contribution in [0.5, 0.6) is 0 Å². The molecule has 2 atom stereocenters. The second-order valence-electron chi connectivity index (χ2n) is 6.76. The lowest BCUT2D eigenvalue weighted by atomic mass is 9.74. The van der Waals surface area contributed by atoms with Crippen LogP contribution in [0.2, 0.25) is 0 Å². The van der Waals surface area contributed by atoms with Gasteiger partial charge in [-0.3, -0.25) is 10.2 Å². The molecule has 2 nitrogen and oxygen atoms in total. The fraction of sp³-hybridized carbons (Fsp3) is 0.429. The maximum absolute atomic E-state index is 3.98. The molecule has 24 heavy (non-hydrogen) atoms. The van der Waals surface area contributed by atoms with Crippen LogP contribution in [0.4, 0.5) is 0 Å². The molecule has 4 rings (SSSR count). The van der Waals surface area contributed by atoms with E-state index in [0.717, 1.165) is 19.6 Å². The van der Waals surface area contributed by atoms with Gasteiger partial charge in [0, 0.05) is 30.5 Å². The summed E-state index contributed by atoms with van der Waals surface area (Å²) in [6.45, 7) is 3.42. The van der Waals surface area contributed by atoms with E-state index in [2.05, 4.69) is 82.6 Å². The first-order valence-electron chi connectivity index (χ1n) is 9.09. The Morgan fingerprint density at radius 3 is 2.29 bits per heavy atom. The Bertz CT molecular complexity index is 639. The van der Waals surface area contributed by atoms with Crippen molar-refractivity contribution in [2.24, 2.45) is 0 Å². The number of thioether (sulfide) groups is 1. The van der Waals surface area contributed by atoms with Gasteiger partial charge in [0.15, 0.2) is 0 Å². The first kappa shape index (κ1) is 16.2. The molecule has 2 aromatic carbocycles. The van der Waals surface area contributed by atoms with Crippen LogP contribution < -0.4 is 5.32 Å². The Morgan fingerprint density at radius 2 is 1.58 bits per heavy atom. The molecule has 2 aromatic rings. The van der Waals surface area contributed by atoms with Gasteiger partial charge in [-0.25, -0.2) is 0 Å². The fourth-order valence-corrected chi connectivity index (χ4v) is 5.34. The molecule has 0 aliphatic carbocycles. The lowest BCUT2D eigenvalue weighted by molar-refractivity contribution is 0.0123. The lowest BCUT2D eigenvalue weighted by Gasteiger charge is -2.53. The zero-order valence-corrected chi connectivity index (χ0v) is 15.0. The topological polar surface area (TPSA) is 15.3 Å². The summed E-state index contributed by atoms with van der Waals surface area (Å²) >= 11 is 2.08. The minimum Gasteiger partial charge on any atom is -0.295 e. The van der Waals surface area contributed by atoms with Crippen molar-refractivity contribution in [3.63, 3.8) is 0 Å². The van der Waals surface area contributed by atoms with Gasteiger partial charge >= 0.3 is 0 Å². The molecule has 2 fully saturated rings. The normalized spacial score (nSPS) is 28.6. The van der Waals surface area contributed by atoms with Crippen molar-refractivity contribution in [3.8, 4) is 0 Å². The van der Waals surface area contributed by atoms with Gasteiger partial charge in [0.1, 0.15) is 5.66 Å². The van der Waals surface area contributed by atoms with Crippen molar-refractivity contribution in [2.75, 3.05) is 31.1 Å². The van der Waals surface area contributed by atoms with Crippen molar-refractivity contribution in [3.05, 3.63) is 71.8 Å². The predicted octanol–water partition coefficient (Wildman–Crippen LogP) is 4.06. The van der Waals surface area contributed by atoms with E-state index in [9.17, 15) is 0 Å². The summed E-state index contributed by atoms with van der Waals surface area (Å²) in [5.41, 5.74) is 2.82. The quantitative estimate of drug-likeness (QED) is 0.909. The molecule has 0 aromatic heterocycles. The number of hydrogen-bond donors (Lipinski definition) is 1. The summed E-state index contributed by atoms with van der Waals surface area (Å²) in [4.78, 5) is 2.72. The molecule has 2 aliphatic heterocycles. The summed E-state index contributed by atoms with van der Waals surface area (Å²) in [5.74, 6) is 2.97. The first-order valence-corrected chi connectivity index (χ1v) is 10.2.